The van der Waals surface area contributed by atoms with E-state index >= 15 is 0 Å². The van der Waals surface area contributed by atoms with Crippen LogP contribution in [0.5, 0.6) is 0 Å². The van der Waals surface area contributed by atoms with Gasteiger partial charge in [-0.05, 0) is 122 Å². The van der Waals surface area contributed by atoms with Gasteiger partial charge in [-0.1, -0.05) is 294 Å². The largest absolute Gasteiger partial charge is 0.477 e. The number of aliphatic carboxylic acids is 1. The number of esters is 2. The lowest BCUT2D eigenvalue weighted by Gasteiger charge is -2.25. The van der Waals surface area contributed by atoms with Crippen LogP contribution in [0.4, 0.5) is 0 Å². The van der Waals surface area contributed by atoms with E-state index in [-0.39, 0.29) is 32.2 Å². The molecule has 1 N–H and O–H groups in total. The zero-order valence-electron chi connectivity index (χ0n) is 57.5. The first-order chi connectivity index (χ1) is 43.6. The number of unbranched alkanes of at least 4 members (excludes halogenated alkanes) is 23. The van der Waals surface area contributed by atoms with E-state index in [4.69, 9.17) is 18.9 Å². The van der Waals surface area contributed by atoms with Gasteiger partial charge in [0, 0.05) is 12.8 Å². The predicted octanol–water partition coefficient (Wildman–Crippen LogP) is 22.5. The van der Waals surface area contributed by atoms with Crippen molar-refractivity contribution in [1.29, 1.82) is 0 Å². The van der Waals surface area contributed by atoms with Gasteiger partial charge in [0.1, 0.15) is 13.2 Å². The highest BCUT2D eigenvalue weighted by molar-refractivity contribution is 5.71. The van der Waals surface area contributed by atoms with Gasteiger partial charge in [-0.2, -0.15) is 0 Å². The van der Waals surface area contributed by atoms with Crippen LogP contribution in [0.2, 0.25) is 0 Å². The van der Waals surface area contributed by atoms with Gasteiger partial charge in [-0.25, -0.2) is 4.79 Å². The molecule has 0 aliphatic heterocycles. The fourth-order valence-corrected chi connectivity index (χ4v) is 9.41. The van der Waals surface area contributed by atoms with Gasteiger partial charge in [-0.3, -0.25) is 9.59 Å². The first kappa shape index (κ1) is 83.9. The molecule has 0 aromatic carbocycles. The normalized spacial score (nSPS) is 13.7. The highest BCUT2D eigenvalue weighted by Gasteiger charge is 2.25. The van der Waals surface area contributed by atoms with Crippen LogP contribution in [0, 0.1) is 0 Å². The molecule has 0 fully saturated rings. The molecule has 0 aliphatic rings. The molecule has 504 valence electrons. The fourth-order valence-electron chi connectivity index (χ4n) is 9.41. The van der Waals surface area contributed by atoms with Crippen molar-refractivity contribution in [1.82, 2.24) is 0 Å². The number of carbonyl (C=O) groups excluding carboxylic acids is 2. The number of hydrogen-bond donors (Lipinski definition) is 1. The molecule has 9 heteroatoms. The van der Waals surface area contributed by atoms with Crippen LogP contribution in [-0.2, 0) is 33.3 Å². The van der Waals surface area contributed by atoms with E-state index in [1.54, 1.807) is 0 Å². The molecule has 0 bridgehead atoms. The molecule has 89 heavy (non-hydrogen) atoms. The Bertz CT molecular complexity index is 2020. The van der Waals surface area contributed by atoms with Crippen molar-refractivity contribution in [2.24, 2.45) is 0 Å². The Kier molecular flexibility index (Phi) is 64.9. The summed E-state index contributed by atoms with van der Waals surface area (Å²) in [6, 6.07) is 0. The average molecular weight is 1240 g/mol. The maximum atomic E-state index is 13.0. The Morgan fingerprint density at radius 3 is 0.899 bits per heavy atom. The van der Waals surface area contributed by atoms with Crippen molar-refractivity contribution in [3.8, 4) is 0 Å². The minimum atomic E-state index is -1.52. The number of ether oxygens (including phenoxy) is 4. The Morgan fingerprint density at radius 1 is 0.337 bits per heavy atom. The summed E-state index contributed by atoms with van der Waals surface area (Å²) >= 11 is 0. The van der Waals surface area contributed by atoms with Gasteiger partial charge in [0.25, 0.3) is 6.29 Å². The van der Waals surface area contributed by atoms with Gasteiger partial charge in [0.15, 0.2) is 6.10 Å². The van der Waals surface area contributed by atoms with Crippen LogP contribution >= 0.6 is 0 Å². The number of quaternary nitrogens is 1. The number of rotatable bonds is 64. The van der Waals surface area contributed by atoms with Crippen molar-refractivity contribution in [3.63, 3.8) is 0 Å². The van der Waals surface area contributed by atoms with Gasteiger partial charge in [-0.15, -0.1) is 0 Å². The van der Waals surface area contributed by atoms with E-state index in [1.165, 1.54) is 109 Å². The number of nitrogens with zero attached hydrogens (tertiary/aromatic N) is 1. The average Bonchev–Trinajstić information content (AvgIpc) is 3.64. The van der Waals surface area contributed by atoms with E-state index in [0.29, 0.717) is 23.9 Å². The summed E-state index contributed by atoms with van der Waals surface area (Å²) in [6.07, 6.45) is 99.2. The number of carboxylic acid groups (broad SMARTS) is 1. The Morgan fingerprint density at radius 2 is 0.607 bits per heavy atom. The standard InChI is InChI=1S/C80H131NO8/c1-6-8-10-12-14-16-18-20-22-24-26-28-30-32-34-36-37-38-39-40-41-43-45-47-49-51-53-55-57-59-61-63-65-67-69-71-78(83)89-76(75-88-80(79(84)85)86-73-72-81(3,4)5)74-87-77(82)70-68-66-64-62-60-58-56-54-52-50-48-46-44-42-35-33-31-29-27-25-23-21-19-17-15-13-11-9-7-2/h8-11,14-17,20-23,26-29,32,34,37-38,40-41,45,47,51,53,76,80H,6-7,12-13,18-19,24-25,30-31,33,35-36,39,42-44,46,48-50,52,54-75H2,1-5H3/p+1/b10-8-,11-9-,16-14-,17-15-,22-20-,23-21-,28-26-,29-27-,34-32-,38-37-,41-40-,47-45-,53-51-. The van der Waals surface area contributed by atoms with Gasteiger partial charge < -0.3 is 28.5 Å². The second-order valence-corrected chi connectivity index (χ2v) is 24.4. The quantitative estimate of drug-likeness (QED) is 0.0211. The second-order valence-electron chi connectivity index (χ2n) is 24.4. The van der Waals surface area contributed by atoms with Crippen LogP contribution in [-0.4, -0.2) is 87.4 Å². The van der Waals surface area contributed by atoms with E-state index in [1.807, 2.05) is 21.1 Å². The molecule has 9 nitrogen and oxygen atoms in total. The molecule has 2 atom stereocenters. The van der Waals surface area contributed by atoms with E-state index in [9.17, 15) is 19.5 Å². The lowest BCUT2D eigenvalue weighted by atomic mass is 10.0. The predicted molar refractivity (Wildman–Crippen MR) is 382 cm³/mol. The third kappa shape index (κ3) is 70.2. The Hall–Kier alpha value is -5.09. The molecule has 0 spiro atoms. The van der Waals surface area contributed by atoms with Crippen molar-refractivity contribution < 1.29 is 42.9 Å². The maximum Gasteiger partial charge on any atom is 0.361 e. The minimum absolute atomic E-state index is 0.178. The minimum Gasteiger partial charge on any atom is -0.477 e. The third-order valence-corrected chi connectivity index (χ3v) is 14.8. The highest BCUT2D eigenvalue weighted by Crippen LogP contribution is 2.16. The summed E-state index contributed by atoms with van der Waals surface area (Å²) in [6.45, 7) is 4.64. The molecule has 0 amide bonds. The number of carboxylic acids is 1. The smallest absolute Gasteiger partial charge is 0.361 e. The van der Waals surface area contributed by atoms with Crippen molar-refractivity contribution in [2.45, 2.75) is 283 Å². The first-order valence-corrected chi connectivity index (χ1v) is 35.6. The molecule has 0 aromatic rings. The van der Waals surface area contributed by atoms with Gasteiger partial charge in [0.05, 0.1) is 34.4 Å². The van der Waals surface area contributed by atoms with Crippen LogP contribution < -0.4 is 0 Å². The monoisotopic (exact) mass is 1230 g/mol. The molecule has 0 saturated heterocycles. The highest BCUT2D eigenvalue weighted by atomic mass is 16.7. The molecular weight excluding hydrogens is 1100 g/mol. The molecule has 0 saturated carbocycles. The van der Waals surface area contributed by atoms with Gasteiger partial charge in [0.2, 0.25) is 0 Å². The third-order valence-electron chi connectivity index (χ3n) is 14.8. The fraction of sp³-hybridized carbons (Fsp3) is 0.637. The maximum absolute atomic E-state index is 13.0. The van der Waals surface area contributed by atoms with E-state index < -0.39 is 24.3 Å². The molecular formula is C80H132NO8+. The molecule has 0 radical (unpaired) electrons. The first-order valence-electron chi connectivity index (χ1n) is 35.6. The van der Waals surface area contributed by atoms with Crippen LogP contribution in [0.1, 0.15) is 271 Å². The summed E-state index contributed by atoms with van der Waals surface area (Å²) in [7, 11) is 5.97. The second kappa shape index (κ2) is 68.8. The van der Waals surface area contributed by atoms with E-state index in [2.05, 4.69) is 172 Å². The molecule has 0 aromatic heterocycles. The molecule has 0 aliphatic carbocycles. The summed E-state index contributed by atoms with van der Waals surface area (Å²) in [5.74, 6) is -2.03. The number of hydrogen-bond acceptors (Lipinski definition) is 7. The van der Waals surface area contributed by atoms with Gasteiger partial charge >= 0.3 is 17.9 Å². The summed E-state index contributed by atoms with van der Waals surface area (Å²) < 4.78 is 23.0. The van der Waals surface area contributed by atoms with Crippen molar-refractivity contribution >= 4 is 17.9 Å². The molecule has 0 heterocycles. The molecule has 2 unspecified atom stereocenters. The van der Waals surface area contributed by atoms with Crippen LogP contribution in [0.15, 0.2) is 158 Å². The Labute approximate surface area is 546 Å². The van der Waals surface area contributed by atoms with Crippen molar-refractivity contribution in [3.05, 3.63) is 158 Å². The summed E-state index contributed by atoms with van der Waals surface area (Å²) in [4.78, 5) is 37.7. The zero-order valence-corrected chi connectivity index (χ0v) is 57.5. The van der Waals surface area contributed by atoms with E-state index in [0.717, 1.165) is 128 Å². The SMILES string of the molecule is CC/C=C\C/C=C\C/C=C\C/C=C\C/C=C\C/C=C\C/C=C\C/C=C\C/C=C\CCCCCCCCCC(=O)OC(COC(=O)CCCCCCCCCCCCCCCCCC/C=C\C/C=C\C/C=C\C/C=C\CC)COC(OCC[N+](C)(C)C)C(=O)O. The lowest BCUT2D eigenvalue weighted by molar-refractivity contribution is -0.870. The van der Waals surface area contributed by atoms with Crippen molar-refractivity contribution in [2.75, 3.05) is 47.5 Å². The lowest BCUT2D eigenvalue weighted by Crippen LogP contribution is -2.40. The zero-order chi connectivity index (χ0) is 64.7. The summed E-state index contributed by atoms with van der Waals surface area (Å²) in [5.41, 5.74) is 0. The number of carbonyl (C=O) groups is 3. The van der Waals surface area contributed by atoms with Crippen LogP contribution in [0.25, 0.3) is 0 Å². The Balaban J connectivity index is 4.19. The number of likely N-dealkylation sites (N-methyl/N-ethyl adjacent to an activating group) is 1. The van der Waals surface area contributed by atoms with Crippen LogP contribution in [0.3, 0.4) is 0 Å². The number of allylic oxidation sites excluding steroid dienone is 26. The summed E-state index contributed by atoms with van der Waals surface area (Å²) in [5, 5.41) is 9.75. The molecule has 0 rings (SSSR count). The topological polar surface area (TPSA) is 108 Å².